The van der Waals surface area contributed by atoms with Crippen molar-refractivity contribution in [3.05, 3.63) is 29.3 Å². The Morgan fingerprint density at radius 1 is 1.06 bits per heavy atom. The molecule has 1 atom stereocenters. The van der Waals surface area contributed by atoms with Crippen LogP contribution in [0, 0.1) is 11.3 Å². The second kappa shape index (κ2) is 12.6. The molecule has 0 aromatic heterocycles. The van der Waals surface area contributed by atoms with Crippen LogP contribution in [0.15, 0.2) is 18.2 Å². The first-order valence-electron chi connectivity index (χ1n) is 13.0. The van der Waals surface area contributed by atoms with Crippen LogP contribution in [0.1, 0.15) is 70.4 Å². The van der Waals surface area contributed by atoms with Crippen molar-refractivity contribution < 1.29 is 4.79 Å². The van der Waals surface area contributed by atoms with Crippen molar-refractivity contribution in [2.75, 3.05) is 51.1 Å². The minimum atomic E-state index is 0.299. The third-order valence-electron chi connectivity index (χ3n) is 6.78. The second-order valence-electron chi connectivity index (χ2n) is 11.0. The summed E-state index contributed by atoms with van der Waals surface area (Å²) in [4.78, 5) is 14.0. The van der Waals surface area contributed by atoms with E-state index >= 15 is 0 Å². The van der Waals surface area contributed by atoms with Gasteiger partial charge in [-0.2, -0.15) is 0 Å². The van der Waals surface area contributed by atoms with E-state index in [2.05, 4.69) is 54.9 Å². The van der Waals surface area contributed by atoms with Gasteiger partial charge in [-0.25, -0.2) is 0 Å². The van der Waals surface area contributed by atoms with Gasteiger partial charge in [-0.3, -0.25) is 4.79 Å². The molecule has 1 fully saturated rings. The zero-order chi connectivity index (χ0) is 22.8. The Bertz CT molecular complexity index is 712. The maximum absolute atomic E-state index is 12.0. The van der Waals surface area contributed by atoms with Gasteiger partial charge in [0.1, 0.15) is 0 Å². The number of hydrogen-bond acceptors (Lipinski definition) is 4. The molecule has 1 heterocycles. The predicted molar refractivity (Wildman–Crippen MR) is 135 cm³/mol. The molecule has 3 rings (SSSR count). The van der Waals surface area contributed by atoms with Gasteiger partial charge in [-0.05, 0) is 92.6 Å². The van der Waals surface area contributed by atoms with Gasteiger partial charge < -0.3 is 20.9 Å². The van der Waals surface area contributed by atoms with Crippen molar-refractivity contribution in [2.45, 2.75) is 72.1 Å². The first-order chi connectivity index (χ1) is 15.4. The van der Waals surface area contributed by atoms with E-state index in [-0.39, 0.29) is 0 Å². The number of aryl methyl sites for hydroxylation is 1. The smallest absolute Gasteiger partial charge is 0.223 e. The number of rotatable bonds is 11. The average molecular weight is 443 g/mol. The molecule has 3 N–H and O–H groups in total. The van der Waals surface area contributed by atoms with Crippen LogP contribution in [0.2, 0.25) is 0 Å². The molecule has 1 aliphatic heterocycles. The summed E-state index contributed by atoms with van der Waals surface area (Å²) in [5.41, 5.74) is 4.69. The highest BCUT2D eigenvalue weighted by Crippen LogP contribution is 2.30. The number of nitrogens with zero attached hydrogens (tertiary/aromatic N) is 1. The third kappa shape index (κ3) is 8.74. The van der Waals surface area contributed by atoms with E-state index in [1.54, 1.807) is 11.1 Å². The van der Waals surface area contributed by atoms with Crippen LogP contribution >= 0.6 is 0 Å². The number of unbranched alkanes of at least 4 members (excludes halogenated alkanes) is 1. The van der Waals surface area contributed by atoms with Crippen LogP contribution < -0.4 is 16.0 Å². The van der Waals surface area contributed by atoms with Crippen LogP contribution in [0.25, 0.3) is 0 Å². The number of benzene rings is 1. The summed E-state index contributed by atoms with van der Waals surface area (Å²) in [7, 11) is 0. The molecule has 5 nitrogen and oxygen atoms in total. The SMILES string of the molecule is CC(C)(C)CNc1ccc2c(c1)CC(CCCNCCCCN1CCNCCC1=O)CC2. The van der Waals surface area contributed by atoms with Gasteiger partial charge in [-0.15, -0.1) is 0 Å². The van der Waals surface area contributed by atoms with E-state index in [1.165, 1.54) is 37.8 Å². The molecule has 1 unspecified atom stereocenters. The van der Waals surface area contributed by atoms with Gasteiger partial charge in [0.2, 0.25) is 5.91 Å². The number of amides is 1. The lowest BCUT2D eigenvalue weighted by atomic mass is 9.81. The molecule has 2 aliphatic rings. The number of fused-ring (bicyclic) bond motifs is 1. The van der Waals surface area contributed by atoms with Gasteiger partial charge in [0.25, 0.3) is 0 Å². The Hall–Kier alpha value is -1.59. The highest BCUT2D eigenvalue weighted by Gasteiger charge is 2.19. The molecule has 1 aromatic rings. The Morgan fingerprint density at radius 3 is 2.75 bits per heavy atom. The predicted octanol–water partition coefficient (Wildman–Crippen LogP) is 4.22. The van der Waals surface area contributed by atoms with E-state index < -0.39 is 0 Å². The van der Waals surface area contributed by atoms with Crippen LogP contribution in [0.4, 0.5) is 5.69 Å². The van der Waals surface area contributed by atoms with Crippen molar-refractivity contribution in [1.82, 2.24) is 15.5 Å². The fraction of sp³-hybridized carbons (Fsp3) is 0.741. The topological polar surface area (TPSA) is 56.4 Å². The molecule has 180 valence electrons. The van der Waals surface area contributed by atoms with Crippen LogP contribution in [-0.2, 0) is 17.6 Å². The molecule has 0 spiro atoms. The van der Waals surface area contributed by atoms with Crippen LogP contribution in [0.3, 0.4) is 0 Å². The lowest BCUT2D eigenvalue weighted by molar-refractivity contribution is -0.130. The summed E-state index contributed by atoms with van der Waals surface area (Å²) in [6.07, 6.45) is 9.29. The van der Waals surface area contributed by atoms with E-state index in [1.807, 2.05) is 4.90 Å². The summed E-state index contributed by atoms with van der Waals surface area (Å²) in [6.45, 7) is 13.6. The molecule has 32 heavy (non-hydrogen) atoms. The van der Waals surface area contributed by atoms with Gasteiger partial charge in [0.15, 0.2) is 0 Å². The Labute approximate surface area is 196 Å². The molecule has 0 saturated carbocycles. The molecule has 5 heteroatoms. The molecule has 1 aromatic carbocycles. The highest BCUT2D eigenvalue weighted by atomic mass is 16.2. The van der Waals surface area contributed by atoms with Gasteiger partial charge in [0, 0.05) is 44.8 Å². The maximum atomic E-state index is 12.0. The lowest BCUT2D eigenvalue weighted by Crippen LogP contribution is -2.33. The minimum Gasteiger partial charge on any atom is -0.385 e. The third-order valence-corrected chi connectivity index (χ3v) is 6.78. The number of carbonyl (C=O) groups is 1. The largest absolute Gasteiger partial charge is 0.385 e. The molecular weight excluding hydrogens is 396 g/mol. The monoisotopic (exact) mass is 442 g/mol. The molecule has 0 radical (unpaired) electrons. The highest BCUT2D eigenvalue weighted by molar-refractivity contribution is 5.76. The minimum absolute atomic E-state index is 0.299. The standard InChI is InChI=1S/C27H46N4O/c1-27(2,3)21-30-25-11-10-23-9-8-22(19-24(23)20-25)7-6-14-28-13-4-5-17-31-18-16-29-15-12-26(31)32/h10-11,20,22,28-30H,4-9,12-19,21H2,1-3H3. The molecule has 0 bridgehead atoms. The summed E-state index contributed by atoms with van der Waals surface area (Å²) in [6, 6.07) is 7.00. The number of anilines is 1. The lowest BCUT2D eigenvalue weighted by Gasteiger charge is -2.26. The Morgan fingerprint density at radius 2 is 1.91 bits per heavy atom. The first-order valence-corrected chi connectivity index (χ1v) is 13.0. The molecule has 1 amide bonds. The summed E-state index contributed by atoms with van der Waals surface area (Å²) in [5.74, 6) is 1.14. The van der Waals surface area contributed by atoms with Crippen molar-refractivity contribution in [3.8, 4) is 0 Å². The normalized spacial score (nSPS) is 19.5. The average Bonchev–Trinajstić information content (AvgIpc) is 2.97. The van der Waals surface area contributed by atoms with Crippen LogP contribution in [-0.4, -0.2) is 56.6 Å². The molecule has 1 saturated heterocycles. The fourth-order valence-electron chi connectivity index (χ4n) is 4.80. The van der Waals surface area contributed by atoms with E-state index in [0.717, 1.165) is 64.6 Å². The quantitative estimate of drug-likeness (QED) is 0.449. The zero-order valence-corrected chi connectivity index (χ0v) is 20.8. The molecular formula is C27H46N4O. The Kier molecular flexibility index (Phi) is 9.86. The Balaban J connectivity index is 1.27. The number of nitrogens with one attached hydrogen (secondary N) is 3. The summed E-state index contributed by atoms with van der Waals surface area (Å²) < 4.78 is 0. The van der Waals surface area contributed by atoms with E-state index in [0.29, 0.717) is 17.7 Å². The summed E-state index contributed by atoms with van der Waals surface area (Å²) in [5, 5.41) is 10.5. The van der Waals surface area contributed by atoms with Gasteiger partial charge in [0.05, 0.1) is 0 Å². The van der Waals surface area contributed by atoms with Gasteiger partial charge in [-0.1, -0.05) is 26.8 Å². The second-order valence-corrected chi connectivity index (χ2v) is 11.0. The molecule has 1 aliphatic carbocycles. The van der Waals surface area contributed by atoms with Gasteiger partial charge >= 0.3 is 0 Å². The van der Waals surface area contributed by atoms with Crippen molar-refractivity contribution in [3.63, 3.8) is 0 Å². The van der Waals surface area contributed by atoms with E-state index in [4.69, 9.17) is 0 Å². The van der Waals surface area contributed by atoms with Crippen molar-refractivity contribution in [2.24, 2.45) is 11.3 Å². The van der Waals surface area contributed by atoms with Crippen molar-refractivity contribution in [1.29, 1.82) is 0 Å². The number of hydrogen-bond donors (Lipinski definition) is 3. The first kappa shape index (κ1) is 25.0. The van der Waals surface area contributed by atoms with E-state index in [9.17, 15) is 4.79 Å². The zero-order valence-electron chi connectivity index (χ0n) is 20.8. The fourth-order valence-corrected chi connectivity index (χ4v) is 4.80. The van der Waals surface area contributed by atoms with Crippen molar-refractivity contribution >= 4 is 11.6 Å². The summed E-state index contributed by atoms with van der Waals surface area (Å²) >= 11 is 0. The van der Waals surface area contributed by atoms with Crippen LogP contribution in [0.5, 0.6) is 0 Å². The number of carbonyl (C=O) groups excluding carboxylic acids is 1. The maximum Gasteiger partial charge on any atom is 0.223 e.